The Morgan fingerprint density at radius 2 is 1.95 bits per heavy atom. The Kier molecular flexibility index (Phi) is 2.72. The third kappa shape index (κ3) is 2.07. The molecule has 1 unspecified atom stereocenters. The van der Waals surface area contributed by atoms with E-state index in [1.54, 1.807) is 6.20 Å². The van der Waals surface area contributed by atoms with Crippen LogP contribution in [0.2, 0.25) is 5.02 Å². The van der Waals surface area contributed by atoms with Crippen LogP contribution in [-0.2, 0) is 0 Å². The lowest BCUT2D eigenvalue weighted by molar-refractivity contribution is 0.208. The van der Waals surface area contributed by atoms with Crippen molar-refractivity contribution < 1.29 is 4.74 Å². The molecule has 1 aromatic carbocycles. The maximum Gasteiger partial charge on any atom is 0.146 e. The van der Waals surface area contributed by atoms with E-state index in [1.807, 2.05) is 30.5 Å². The summed E-state index contributed by atoms with van der Waals surface area (Å²) in [7, 11) is 0. The Hall–Kier alpha value is -1.58. The molecule has 1 aliphatic carbocycles. The first-order chi connectivity index (χ1) is 9.75. The average Bonchev–Trinajstić information content (AvgIpc) is 3.23. The Morgan fingerprint density at radius 3 is 2.60 bits per heavy atom. The van der Waals surface area contributed by atoms with Crippen molar-refractivity contribution in [3.63, 3.8) is 0 Å². The third-order valence-corrected chi connectivity index (χ3v) is 4.53. The molecule has 1 aromatic heterocycles. The minimum atomic E-state index is 0.448. The number of nitrogens with zero attached hydrogens (tertiary/aromatic N) is 1. The fourth-order valence-electron chi connectivity index (χ4n) is 2.88. The van der Waals surface area contributed by atoms with Crippen LogP contribution in [0.5, 0.6) is 11.5 Å². The molecule has 2 heterocycles. The number of aromatic nitrogens is 1. The Morgan fingerprint density at radius 1 is 1.15 bits per heavy atom. The summed E-state index contributed by atoms with van der Waals surface area (Å²) in [6, 6.07) is 9.89. The van der Waals surface area contributed by atoms with E-state index in [1.165, 1.54) is 18.4 Å². The normalized spacial score (nSPS) is 22.4. The van der Waals surface area contributed by atoms with Crippen LogP contribution < -0.4 is 10.1 Å². The molecule has 2 aliphatic rings. The fourth-order valence-corrected chi connectivity index (χ4v) is 3.00. The molecule has 3 nitrogen and oxygen atoms in total. The highest BCUT2D eigenvalue weighted by molar-refractivity contribution is 6.30. The molecular formula is C16H15ClN2O. The molecule has 1 atom stereocenters. The summed E-state index contributed by atoms with van der Waals surface area (Å²) in [5.41, 5.74) is 1.74. The molecule has 4 rings (SSSR count). The van der Waals surface area contributed by atoms with Crippen LogP contribution in [0.25, 0.3) is 0 Å². The van der Waals surface area contributed by atoms with Gasteiger partial charge in [0, 0.05) is 29.2 Å². The van der Waals surface area contributed by atoms with Gasteiger partial charge in [0.05, 0.1) is 6.20 Å². The van der Waals surface area contributed by atoms with Crippen molar-refractivity contribution in [3.05, 3.63) is 53.3 Å². The number of nitrogens with one attached hydrogen (secondary N) is 1. The van der Waals surface area contributed by atoms with Gasteiger partial charge in [0.25, 0.3) is 0 Å². The van der Waals surface area contributed by atoms with Gasteiger partial charge in [-0.05, 0) is 48.7 Å². The van der Waals surface area contributed by atoms with Gasteiger partial charge >= 0.3 is 0 Å². The van der Waals surface area contributed by atoms with Crippen molar-refractivity contribution in [2.24, 2.45) is 5.41 Å². The summed E-state index contributed by atoms with van der Waals surface area (Å²) < 4.78 is 5.83. The monoisotopic (exact) mass is 286 g/mol. The van der Waals surface area contributed by atoms with Crippen molar-refractivity contribution >= 4 is 11.6 Å². The molecule has 0 radical (unpaired) electrons. The quantitative estimate of drug-likeness (QED) is 0.927. The molecule has 1 saturated heterocycles. The predicted molar refractivity (Wildman–Crippen MR) is 78.2 cm³/mol. The van der Waals surface area contributed by atoms with Crippen molar-refractivity contribution in [1.29, 1.82) is 0 Å². The van der Waals surface area contributed by atoms with Crippen molar-refractivity contribution in [1.82, 2.24) is 10.3 Å². The molecule has 1 N–H and O–H groups in total. The SMILES string of the molecule is Clc1ccc(Oc2cncc(C3NCC34CC4)c2)cc1. The van der Waals surface area contributed by atoms with E-state index in [0.29, 0.717) is 16.5 Å². The lowest BCUT2D eigenvalue weighted by Gasteiger charge is -2.39. The van der Waals surface area contributed by atoms with Gasteiger partial charge in [0.15, 0.2) is 0 Å². The Balaban J connectivity index is 1.55. The molecule has 2 aromatic rings. The van der Waals surface area contributed by atoms with Gasteiger partial charge in [-0.25, -0.2) is 0 Å². The zero-order chi connectivity index (χ0) is 13.6. The number of hydrogen-bond acceptors (Lipinski definition) is 3. The highest BCUT2D eigenvalue weighted by atomic mass is 35.5. The number of halogens is 1. The molecule has 20 heavy (non-hydrogen) atoms. The smallest absolute Gasteiger partial charge is 0.146 e. The first-order valence-corrected chi connectivity index (χ1v) is 7.25. The summed E-state index contributed by atoms with van der Waals surface area (Å²) in [6.07, 6.45) is 6.34. The highest BCUT2D eigenvalue weighted by Crippen LogP contribution is 2.59. The van der Waals surface area contributed by atoms with Crippen molar-refractivity contribution in [2.45, 2.75) is 18.9 Å². The first kappa shape index (κ1) is 12.2. The predicted octanol–water partition coefficient (Wildman–Crippen LogP) is 3.95. The van der Waals surface area contributed by atoms with Crippen LogP contribution in [0.4, 0.5) is 0 Å². The summed E-state index contributed by atoms with van der Waals surface area (Å²) >= 11 is 5.87. The largest absolute Gasteiger partial charge is 0.456 e. The molecule has 1 saturated carbocycles. The van der Waals surface area contributed by atoms with Gasteiger partial charge in [0.1, 0.15) is 11.5 Å². The second-order valence-corrected chi connectivity index (χ2v) is 6.12. The minimum Gasteiger partial charge on any atom is -0.456 e. The Labute approximate surface area is 122 Å². The number of ether oxygens (including phenoxy) is 1. The van der Waals surface area contributed by atoms with Gasteiger partial charge in [-0.15, -0.1) is 0 Å². The van der Waals surface area contributed by atoms with Crippen molar-refractivity contribution in [3.8, 4) is 11.5 Å². The lowest BCUT2D eigenvalue weighted by atomic mass is 9.83. The zero-order valence-corrected chi connectivity index (χ0v) is 11.7. The highest BCUT2D eigenvalue weighted by Gasteiger charge is 2.56. The van der Waals surface area contributed by atoms with Crippen LogP contribution >= 0.6 is 11.6 Å². The molecule has 1 spiro atoms. The second kappa shape index (κ2) is 4.47. The number of pyridine rings is 1. The lowest BCUT2D eigenvalue weighted by Crippen LogP contribution is -2.47. The summed E-state index contributed by atoms with van der Waals surface area (Å²) in [6.45, 7) is 1.14. The Bertz CT molecular complexity index is 637. The van der Waals surface area contributed by atoms with Crippen molar-refractivity contribution in [2.75, 3.05) is 6.54 Å². The van der Waals surface area contributed by atoms with E-state index in [0.717, 1.165) is 18.0 Å². The topological polar surface area (TPSA) is 34.1 Å². The van der Waals surface area contributed by atoms with E-state index in [9.17, 15) is 0 Å². The number of rotatable bonds is 3. The zero-order valence-electron chi connectivity index (χ0n) is 11.0. The first-order valence-electron chi connectivity index (χ1n) is 6.87. The minimum absolute atomic E-state index is 0.448. The number of benzene rings is 1. The molecule has 102 valence electrons. The van der Waals surface area contributed by atoms with Crippen LogP contribution in [-0.4, -0.2) is 11.5 Å². The van der Waals surface area contributed by atoms with E-state index < -0.39 is 0 Å². The standard InChI is InChI=1S/C16H15ClN2O/c17-12-1-3-13(4-2-12)20-14-7-11(8-18-9-14)15-16(5-6-16)10-19-15/h1-4,7-9,15,19H,5-6,10H2. The van der Waals surface area contributed by atoms with E-state index >= 15 is 0 Å². The van der Waals surface area contributed by atoms with E-state index in [2.05, 4.69) is 16.4 Å². The maximum atomic E-state index is 5.87. The number of hydrogen-bond donors (Lipinski definition) is 1. The molecule has 1 aliphatic heterocycles. The van der Waals surface area contributed by atoms with Crippen LogP contribution in [0.1, 0.15) is 24.4 Å². The van der Waals surface area contributed by atoms with Gasteiger partial charge in [-0.3, -0.25) is 4.98 Å². The van der Waals surface area contributed by atoms with E-state index in [-0.39, 0.29) is 0 Å². The van der Waals surface area contributed by atoms with Crippen LogP contribution in [0, 0.1) is 5.41 Å². The summed E-state index contributed by atoms with van der Waals surface area (Å²) in [4.78, 5) is 4.30. The van der Waals surface area contributed by atoms with Crippen LogP contribution in [0.3, 0.4) is 0 Å². The van der Waals surface area contributed by atoms with E-state index in [4.69, 9.17) is 16.3 Å². The molecule has 4 heteroatoms. The van der Waals surface area contributed by atoms with Gasteiger partial charge in [-0.1, -0.05) is 11.6 Å². The summed E-state index contributed by atoms with van der Waals surface area (Å²) in [5.74, 6) is 1.55. The average molecular weight is 287 g/mol. The molecule has 0 amide bonds. The fraction of sp³-hybridized carbons (Fsp3) is 0.312. The molecule has 0 bridgehead atoms. The maximum absolute atomic E-state index is 5.87. The van der Waals surface area contributed by atoms with Gasteiger partial charge < -0.3 is 10.1 Å². The molecular weight excluding hydrogens is 272 g/mol. The third-order valence-electron chi connectivity index (χ3n) is 4.28. The second-order valence-electron chi connectivity index (χ2n) is 5.69. The molecule has 2 fully saturated rings. The van der Waals surface area contributed by atoms with Gasteiger partial charge in [-0.2, -0.15) is 0 Å². The summed E-state index contributed by atoms with van der Waals surface area (Å²) in [5, 5.41) is 4.21. The van der Waals surface area contributed by atoms with Gasteiger partial charge in [0.2, 0.25) is 0 Å². The van der Waals surface area contributed by atoms with Crippen LogP contribution in [0.15, 0.2) is 42.7 Å².